The van der Waals surface area contributed by atoms with Crippen molar-refractivity contribution in [3.8, 4) is 17.0 Å². The maximum Gasteiger partial charge on any atom is 0.338 e. The zero-order valence-corrected chi connectivity index (χ0v) is 22.1. The maximum atomic E-state index is 13.3. The van der Waals surface area contributed by atoms with Crippen LogP contribution in [0.2, 0.25) is 0 Å². The monoisotopic (exact) mass is 541 g/mol. The molecule has 0 radical (unpaired) electrons. The Morgan fingerprint density at radius 2 is 1.80 bits per heavy atom. The number of nitro groups is 1. The van der Waals surface area contributed by atoms with Gasteiger partial charge >= 0.3 is 11.7 Å². The van der Waals surface area contributed by atoms with E-state index in [9.17, 15) is 14.9 Å². The number of esters is 1. The molecule has 11 nitrogen and oxygen atoms in total. The molecule has 5 aromatic rings. The van der Waals surface area contributed by atoms with E-state index in [2.05, 4.69) is 17.2 Å². The highest BCUT2D eigenvalue weighted by Crippen LogP contribution is 2.31. The number of aromatic nitrogens is 3. The van der Waals surface area contributed by atoms with Crippen molar-refractivity contribution in [2.75, 3.05) is 31.7 Å². The molecule has 11 heteroatoms. The molecule has 5 rings (SSSR count). The first-order valence-electron chi connectivity index (χ1n) is 12.9. The summed E-state index contributed by atoms with van der Waals surface area (Å²) in [6.07, 6.45) is 2.05. The van der Waals surface area contributed by atoms with Gasteiger partial charge in [0.25, 0.3) is 0 Å². The lowest BCUT2D eigenvalue weighted by Gasteiger charge is -2.19. The van der Waals surface area contributed by atoms with E-state index >= 15 is 0 Å². The summed E-state index contributed by atoms with van der Waals surface area (Å²) in [6, 6.07) is 19.7. The zero-order chi connectivity index (χ0) is 28.1. The highest BCUT2D eigenvalue weighted by atomic mass is 16.6. The van der Waals surface area contributed by atoms with Gasteiger partial charge in [0, 0.05) is 24.1 Å². The molecule has 0 spiro atoms. The van der Waals surface area contributed by atoms with E-state index in [1.165, 1.54) is 6.07 Å². The van der Waals surface area contributed by atoms with Gasteiger partial charge in [0.15, 0.2) is 5.52 Å². The van der Waals surface area contributed by atoms with Crippen LogP contribution >= 0.6 is 0 Å². The number of fused-ring (bicyclic) bond motifs is 2. The van der Waals surface area contributed by atoms with Crippen LogP contribution in [0.25, 0.3) is 33.2 Å². The molecule has 0 unspecified atom stereocenters. The van der Waals surface area contributed by atoms with Crippen molar-refractivity contribution in [2.24, 2.45) is 0 Å². The van der Waals surface area contributed by atoms with Crippen LogP contribution in [0, 0.1) is 10.1 Å². The minimum absolute atomic E-state index is 0.0580. The van der Waals surface area contributed by atoms with E-state index in [-0.39, 0.29) is 23.3 Å². The number of ether oxygens (including phenoxy) is 2. The number of nitro benzene ring substituents is 1. The van der Waals surface area contributed by atoms with Crippen molar-refractivity contribution >= 4 is 39.3 Å². The summed E-state index contributed by atoms with van der Waals surface area (Å²) in [7, 11) is 1.76. The lowest BCUT2D eigenvalue weighted by atomic mass is 10.0. The summed E-state index contributed by atoms with van der Waals surface area (Å²) in [4.78, 5) is 30.5. The van der Waals surface area contributed by atoms with Gasteiger partial charge in [-0.1, -0.05) is 31.5 Å². The summed E-state index contributed by atoms with van der Waals surface area (Å²) < 4.78 is 16.1. The summed E-state index contributed by atoms with van der Waals surface area (Å²) in [5, 5.41) is 19.4. The number of hydrogen-bond donors (Lipinski definition) is 0. The van der Waals surface area contributed by atoms with Crippen molar-refractivity contribution in [1.29, 1.82) is 0 Å². The number of nitrogens with zero attached hydrogens (tertiary/aromatic N) is 5. The highest BCUT2D eigenvalue weighted by Gasteiger charge is 2.22. The third-order valence-corrected chi connectivity index (χ3v) is 6.49. The lowest BCUT2D eigenvalue weighted by Crippen LogP contribution is -2.24. The number of likely N-dealkylation sites (N-methyl/N-ethyl adjacent to an activating group) is 1. The number of pyridine rings is 1. The van der Waals surface area contributed by atoms with Gasteiger partial charge in [0.2, 0.25) is 5.52 Å². The summed E-state index contributed by atoms with van der Waals surface area (Å²) in [6.45, 7) is 3.15. The molecule has 0 bridgehead atoms. The molecule has 2 aromatic heterocycles. The molecular weight excluding hydrogens is 514 g/mol. The summed E-state index contributed by atoms with van der Waals surface area (Å²) >= 11 is 0. The largest absolute Gasteiger partial charge is 0.494 e. The Morgan fingerprint density at radius 1 is 1.02 bits per heavy atom. The summed E-state index contributed by atoms with van der Waals surface area (Å²) in [5.41, 5.74) is 3.28. The number of non-ortho nitro benzene ring substituents is 1. The number of carbonyl (C=O) groups is 1. The average Bonchev–Trinajstić information content (AvgIpc) is 3.46. The molecular formula is C29H27N5O6. The Labute approximate surface area is 229 Å². The minimum Gasteiger partial charge on any atom is -0.494 e. The van der Waals surface area contributed by atoms with Crippen LogP contribution in [0.3, 0.4) is 0 Å². The lowest BCUT2D eigenvalue weighted by molar-refractivity contribution is -0.383. The molecule has 0 saturated carbocycles. The molecule has 2 heterocycles. The van der Waals surface area contributed by atoms with Crippen molar-refractivity contribution in [3.05, 3.63) is 82.4 Å². The van der Waals surface area contributed by atoms with Crippen LogP contribution in [0.5, 0.6) is 5.75 Å². The van der Waals surface area contributed by atoms with Gasteiger partial charge in [-0.05, 0) is 59.2 Å². The number of carbonyl (C=O) groups excluding carboxylic acids is 1. The number of rotatable bonds is 11. The van der Waals surface area contributed by atoms with E-state index < -0.39 is 10.9 Å². The quantitative estimate of drug-likeness (QED) is 0.0871. The molecule has 3 aromatic carbocycles. The van der Waals surface area contributed by atoms with E-state index in [1.54, 1.807) is 24.1 Å². The second kappa shape index (κ2) is 11.8. The molecule has 0 amide bonds. The fourth-order valence-corrected chi connectivity index (χ4v) is 4.32. The fourth-order valence-electron chi connectivity index (χ4n) is 4.32. The smallest absolute Gasteiger partial charge is 0.338 e. The number of hydrogen-bond acceptors (Lipinski definition) is 10. The van der Waals surface area contributed by atoms with Crippen LogP contribution in [0.15, 0.2) is 71.4 Å². The van der Waals surface area contributed by atoms with E-state index in [4.69, 9.17) is 19.1 Å². The van der Waals surface area contributed by atoms with Crippen LogP contribution in [0.1, 0.15) is 30.1 Å². The van der Waals surface area contributed by atoms with Gasteiger partial charge in [-0.3, -0.25) is 10.1 Å². The van der Waals surface area contributed by atoms with Crippen molar-refractivity contribution in [2.45, 2.75) is 19.8 Å². The van der Waals surface area contributed by atoms with Gasteiger partial charge < -0.3 is 14.4 Å². The Bertz CT molecular complexity index is 1670. The molecule has 0 aliphatic carbocycles. The molecule has 40 heavy (non-hydrogen) atoms. The van der Waals surface area contributed by atoms with Crippen LogP contribution in [0.4, 0.5) is 11.4 Å². The molecule has 0 fully saturated rings. The van der Waals surface area contributed by atoms with Crippen LogP contribution < -0.4 is 9.64 Å². The normalized spacial score (nSPS) is 11.1. The Kier molecular flexibility index (Phi) is 7.81. The van der Waals surface area contributed by atoms with Crippen molar-refractivity contribution < 1.29 is 23.8 Å². The molecule has 0 atom stereocenters. The molecule has 0 aliphatic rings. The number of benzene rings is 3. The van der Waals surface area contributed by atoms with E-state index in [0.717, 1.165) is 24.2 Å². The molecule has 0 aliphatic heterocycles. The van der Waals surface area contributed by atoms with Crippen LogP contribution in [-0.2, 0) is 4.74 Å². The van der Waals surface area contributed by atoms with E-state index in [1.807, 2.05) is 48.5 Å². The second-order valence-corrected chi connectivity index (χ2v) is 9.18. The number of unbranched alkanes of at least 4 members (excludes halogenated alkanes) is 1. The third kappa shape index (κ3) is 5.53. The third-order valence-electron chi connectivity index (χ3n) is 6.49. The van der Waals surface area contributed by atoms with Gasteiger partial charge in [-0.25, -0.2) is 14.4 Å². The fraction of sp³-hybridized carbons (Fsp3) is 0.241. The first-order valence-corrected chi connectivity index (χ1v) is 12.9. The predicted molar refractivity (Wildman–Crippen MR) is 150 cm³/mol. The second-order valence-electron chi connectivity index (χ2n) is 9.18. The van der Waals surface area contributed by atoms with Gasteiger partial charge in [-0.15, -0.1) is 0 Å². The first kappa shape index (κ1) is 26.5. The van der Waals surface area contributed by atoms with Gasteiger partial charge in [-0.2, -0.15) is 0 Å². The van der Waals surface area contributed by atoms with Crippen molar-refractivity contribution in [3.63, 3.8) is 0 Å². The minimum atomic E-state index is -0.541. The number of para-hydroxylation sites is 1. The van der Waals surface area contributed by atoms with Gasteiger partial charge in [0.05, 0.1) is 40.5 Å². The molecule has 0 N–H and O–H groups in total. The SMILES string of the molecule is CCCCOc1ccc(-c2cc(C(=O)OCCN(C)c3ccc([N+](=O)[O-])c4nonc34)c3ccccc3n2)cc1. The maximum absolute atomic E-state index is 13.3. The Morgan fingerprint density at radius 3 is 2.58 bits per heavy atom. The summed E-state index contributed by atoms with van der Waals surface area (Å²) in [5.74, 6) is 0.304. The highest BCUT2D eigenvalue weighted by molar-refractivity contribution is 6.04. The topological polar surface area (TPSA) is 134 Å². The Hall–Kier alpha value is -5.06. The first-order chi connectivity index (χ1) is 19.5. The average molecular weight is 542 g/mol. The Balaban J connectivity index is 1.32. The van der Waals surface area contributed by atoms with Gasteiger partial charge in [0.1, 0.15) is 12.4 Å². The van der Waals surface area contributed by atoms with E-state index in [0.29, 0.717) is 41.0 Å². The predicted octanol–water partition coefficient (Wildman–Crippen LogP) is 5.82. The van der Waals surface area contributed by atoms with Crippen molar-refractivity contribution in [1.82, 2.24) is 15.3 Å². The van der Waals surface area contributed by atoms with Crippen LogP contribution in [-0.4, -0.2) is 53.0 Å². The molecule has 204 valence electrons. The number of anilines is 1. The standard InChI is InChI=1S/C29H27N5O6/c1-3-4-16-38-20-11-9-19(10-12-20)24-18-22(21-7-5-6-8-23(21)30-24)29(35)39-17-15-33(2)25-13-14-26(34(36)37)28-27(25)31-40-32-28/h5-14,18H,3-4,15-17H2,1-2H3. The molecule has 0 saturated heterocycles. The zero-order valence-electron chi connectivity index (χ0n) is 22.1.